The molecule has 2 fully saturated rings. The third kappa shape index (κ3) is 4.82. The van der Waals surface area contributed by atoms with Crippen molar-refractivity contribution in [1.29, 1.82) is 0 Å². The van der Waals surface area contributed by atoms with Gasteiger partial charge in [-0.1, -0.05) is 19.1 Å². The number of aryl methyl sites for hydroxylation is 2. The number of rotatable bonds is 5. The normalized spacial score (nSPS) is 22.8. The van der Waals surface area contributed by atoms with E-state index < -0.39 is 16.1 Å². The molecule has 186 valence electrons. The van der Waals surface area contributed by atoms with E-state index in [2.05, 4.69) is 56.4 Å². The number of aromatic nitrogens is 1. The maximum Gasteiger partial charge on any atom is 0.304 e. The van der Waals surface area contributed by atoms with Crippen LogP contribution in [0.15, 0.2) is 30.3 Å². The highest BCUT2D eigenvalue weighted by molar-refractivity contribution is 7.87. The van der Waals surface area contributed by atoms with Crippen molar-refractivity contribution in [3.63, 3.8) is 0 Å². The summed E-state index contributed by atoms with van der Waals surface area (Å²) in [6.07, 6.45) is 1.53. The molecule has 4 rings (SSSR count). The summed E-state index contributed by atoms with van der Waals surface area (Å²) in [5.41, 5.74) is 9.97. The lowest BCUT2D eigenvalue weighted by Crippen LogP contribution is -2.44. The van der Waals surface area contributed by atoms with Gasteiger partial charge in [0.15, 0.2) is 0 Å². The first-order chi connectivity index (χ1) is 15.9. The molecule has 2 atom stereocenters. The molecule has 0 aliphatic carbocycles. The molecule has 0 spiro atoms. The number of amides is 1. The largest absolute Gasteiger partial charge is 0.351 e. The van der Waals surface area contributed by atoms with Crippen LogP contribution in [-0.4, -0.2) is 54.8 Å². The molecule has 34 heavy (non-hydrogen) atoms. The van der Waals surface area contributed by atoms with Gasteiger partial charge in [-0.25, -0.2) is 9.71 Å². The van der Waals surface area contributed by atoms with Gasteiger partial charge in [-0.15, -0.1) is 0 Å². The molecule has 3 N–H and O–H groups in total. The Kier molecular flexibility index (Phi) is 6.48. The minimum absolute atomic E-state index is 0. The highest BCUT2D eigenvalue weighted by atomic mass is 32.2. The lowest BCUT2D eigenvalue weighted by atomic mass is 9.97. The third-order valence-electron chi connectivity index (χ3n) is 7.00. The van der Waals surface area contributed by atoms with E-state index in [0.717, 1.165) is 29.8 Å². The third-order valence-corrected chi connectivity index (χ3v) is 8.45. The summed E-state index contributed by atoms with van der Waals surface area (Å²) in [7, 11) is -3.99. The predicted octanol–water partition coefficient (Wildman–Crippen LogP) is 3.24. The maximum atomic E-state index is 13.3. The van der Waals surface area contributed by atoms with Gasteiger partial charge in [0.25, 0.3) is 5.91 Å². The predicted molar refractivity (Wildman–Crippen MR) is 137 cm³/mol. The van der Waals surface area contributed by atoms with Crippen LogP contribution in [0.25, 0.3) is 11.3 Å². The van der Waals surface area contributed by atoms with Crippen LogP contribution in [0, 0.1) is 19.8 Å². The second-order valence-corrected chi connectivity index (χ2v) is 12.1. The summed E-state index contributed by atoms with van der Waals surface area (Å²) < 4.78 is 29.2. The van der Waals surface area contributed by atoms with Gasteiger partial charge in [0.1, 0.15) is 5.82 Å². The Morgan fingerprint density at radius 1 is 1.18 bits per heavy atom. The van der Waals surface area contributed by atoms with Crippen LogP contribution < -0.4 is 15.4 Å². The average Bonchev–Trinajstić information content (AvgIpc) is 3.31. The number of nitrogens with zero attached hydrogens (tertiary/aromatic N) is 3. The van der Waals surface area contributed by atoms with E-state index in [9.17, 15) is 13.2 Å². The Balaban J connectivity index is 0.00000342. The molecule has 2 aliphatic heterocycles. The SMILES string of the molecule is Cc1ccc(-c2ccc(C(=O)NS(=O)(=O)N3CC[C@H](N)C3)c(N3C[C@@H](C)CC3(C)C)n2)cc1C.[HH]. The second-order valence-electron chi connectivity index (χ2n) is 10.4. The molecule has 0 radical (unpaired) electrons. The molecule has 1 aromatic carbocycles. The van der Waals surface area contributed by atoms with Gasteiger partial charge in [0, 0.05) is 38.2 Å². The first-order valence-electron chi connectivity index (χ1n) is 11.8. The zero-order valence-corrected chi connectivity index (χ0v) is 21.4. The summed E-state index contributed by atoms with van der Waals surface area (Å²) in [6, 6.07) is 9.42. The minimum Gasteiger partial charge on any atom is -0.351 e. The molecule has 0 unspecified atom stereocenters. The van der Waals surface area contributed by atoms with Crippen molar-refractivity contribution >= 4 is 21.9 Å². The summed E-state index contributed by atoms with van der Waals surface area (Å²) in [5.74, 6) is 0.258. The van der Waals surface area contributed by atoms with Gasteiger partial charge in [-0.3, -0.25) is 4.79 Å². The Bertz CT molecular complexity index is 1220. The molecule has 2 saturated heterocycles. The maximum absolute atomic E-state index is 13.3. The minimum atomic E-state index is -3.99. The molecule has 3 heterocycles. The zero-order chi connectivity index (χ0) is 24.8. The van der Waals surface area contributed by atoms with Crippen LogP contribution >= 0.6 is 0 Å². The first-order valence-corrected chi connectivity index (χ1v) is 13.3. The number of nitrogens with two attached hydrogens (primary N) is 1. The number of nitrogens with one attached hydrogen (secondary N) is 1. The number of hydrogen-bond acceptors (Lipinski definition) is 6. The highest BCUT2D eigenvalue weighted by Crippen LogP contribution is 2.38. The van der Waals surface area contributed by atoms with Crippen molar-refractivity contribution < 1.29 is 14.6 Å². The molecule has 0 saturated carbocycles. The molecular formula is C25H37N5O3S. The van der Waals surface area contributed by atoms with E-state index in [0.29, 0.717) is 24.7 Å². The van der Waals surface area contributed by atoms with Crippen LogP contribution in [-0.2, 0) is 10.2 Å². The Morgan fingerprint density at radius 2 is 1.91 bits per heavy atom. The summed E-state index contributed by atoms with van der Waals surface area (Å²) in [4.78, 5) is 20.4. The van der Waals surface area contributed by atoms with E-state index in [1.54, 1.807) is 12.1 Å². The number of anilines is 1. The standard InChI is InChI=1S/C25H35N5O3S.H2/c1-16-13-25(4,5)30(14-16)23-21(24(31)28-34(32,33)29-11-10-20(26)15-29)8-9-22(27-23)19-7-6-17(2)18(3)12-19;/h6-9,12,16,20H,10-11,13-15,26H2,1-5H3,(H,28,31);1H/t16-,20-;/m0./s1. The van der Waals surface area contributed by atoms with Crippen LogP contribution in [0.1, 0.15) is 56.5 Å². The quantitative estimate of drug-likeness (QED) is 0.670. The number of benzene rings is 1. The zero-order valence-electron chi connectivity index (χ0n) is 20.6. The first kappa shape index (κ1) is 24.6. The molecule has 2 aliphatic rings. The smallest absolute Gasteiger partial charge is 0.304 e. The van der Waals surface area contributed by atoms with Gasteiger partial charge in [-0.2, -0.15) is 12.7 Å². The summed E-state index contributed by atoms with van der Waals surface area (Å²) in [6.45, 7) is 11.8. The number of carbonyl (C=O) groups is 1. The lowest BCUT2D eigenvalue weighted by molar-refractivity contribution is 0.0979. The van der Waals surface area contributed by atoms with E-state index in [1.165, 1.54) is 9.87 Å². The van der Waals surface area contributed by atoms with Gasteiger partial charge in [0.05, 0.1) is 11.3 Å². The second kappa shape index (κ2) is 8.94. The molecule has 8 nitrogen and oxygen atoms in total. The summed E-state index contributed by atoms with van der Waals surface area (Å²) >= 11 is 0. The van der Waals surface area contributed by atoms with E-state index in [-0.39, 0.29) is 25.1 Å². The van der Waals surface area contributed by atoms with Crippen molar-refractivity contribution in [1.82, 2.24) is 14.0 Å². The summed E-state index contributed by atoms with van der Waals surface area (Å²) in [5, 5.41) is 0. The van der Waals surface area contributed by atoms with Gasteiger partial charge < -0.3 is 10.6 Å². The molecule has 2 aromatic rings. The molecule has 0 bridgehead atoms. The van der Waals surface area contributed by atoms with Crippen molar-refractivity contribution in [3.05, 3.63) is 47.0 Å². The fourth-order valence-electron chi connectivity index (χ4n) is 5.06. The lowest BCUT2D eigenvalue weighted by Gasteiger charge is -2.34. The molecule has 9 heteroatoms. The van der Waals surface area contributed by atoms with Crippen LogP contribution in [0.5, 0.6) is 0 Å². The number of carbonyl (C=O) groups excluding carboxylic acids is 1. The molecule has 1 aromatic heterocycles. The van der Waals surface area contributed by atoms with Crippen molar-refractivity contribution in [2.45, 2.75) is 59.0 Å². The van der Waals surface area contributed by atoms with Gasteiger partial charge in [-0.05, 0) is 75.8 Å². The average molecular weight is 488 g/mol. The Hall–Kier alpha value is -2.49. The molecular weight excluding hydrogens is 450 g/mol. The van der Waals surface area contributed by atoms with Gasteiger partial charge >= 0.3 is 10.2 Å². The van der Waals surface area contributed by atoms with Gasteiger partial charge in [0.2, 0.25) is 0 Å². The van der Waals surface area contributed by atoms with Crippen molar-refractivity contribution in [2.24, 2.45) is 11.7 Å². The fourth-order valence-corrected chi connectivity index (χ4v) is 6.27. The highest BCUT2D eigenvalue weighted by Gasteiger charge is 2.39. The molecule has 1 amide bonds. The van der Waals surface area contributed by atoms with Crippen molar-refractivity contribution in [3.8, 4) is 11.3 Å². The topological polar surface area (TPSA) is 109 Å². The monoisotopic (exact) mass is 487 g/mol. The van der Waals surface area contributed by atoms with E-state index in [1.807, 2.05) is 6.07 Å². The van der Waals surface area contributed by atoms with Crippen molar-refractivity contribution in [2.75, 3.05) is 24.5 Å². The van der Waals surface area contributed by atoms with Crippen LogP contribution in [0.3, 0.4) is 0 Å². The van der Waals surface area contributed by atoms with E-state index >= 15 is 0 Å². The van der Waals surface area contributed by atoms with Crippen LogP contribution in [0.2, 0.25) is 0 Å². The number of pyridine rings is 1. The Morgan fingerprint density at radius 3 is 2.50 bits per heavy atom. The number of hydrogen-bond donors (Lipinski definition) is 2. The van der Waals surface area contributed by atoms with Crippen LogP contribution in [0.4, 0.5) is 5.82 Å². The van der Waals surface area contributed by atoms with E-state index in [4.69, 9.17) is 10.7 Å². The fraction of sp³-hybridized carbons (Fsp3) is 0.520. The Labute approximate surface area is 204 Å².